The summed E-state index contributed by atoms with van der Waals surface area (Å²) in [4.78, 5) is 11.5. The molecule has 0 heterocycles. The second kappa shape index (κ2) is 7.41. The lowest BCUT2D eigenvalue weighted by Crippen LogP contribution is -2.27. The summed E-state index contributed by atoms with van der Waals surface area (Å²) in [7, 11) is 0. The highest BCUT2D eigenvalue weighted by Crippen LogP contribution is 2.21. The van der Waals surface area contributed by atoms with Gasteiger partial charge in [0.25, 0.3) is 0 Å². The smallest absolute Gasteiger partial charge is 0.244 e. The zero-order valence-corrected chi connectivity index (χ0v) is 11.5. The number of hydrogen-bond acceptors (Lipinski definition) is 2. The largest absolute Gasteiger partial charge is 0.396 e. The normalized spacial score (nSPS) is 12.7. The Morgan fingerprint density at radius 1 is 1.50 bits per heavy atom. The van der Waals surface area contributed by atoms with Gasteiger partial charge in [-0.15, -0.1) is 0 Å². The van der Waals surface area contributed by atoms with Crippen molar-refractivity contribution >= 4 is 35.2 Å². The maximum atomic E-state index is 11.5. The summed E-state index contributed by atoms with van der Waals surface area (Å²) >= 11 is 11.8. The van der Waals surface area contributed by atoms with Gasteiger partial charge in [-0.25, -0.2) is 0 Å². The van der Waals surface area contributed by atoms with Gasteiger partial charge in [0.05, 0.1) is 0 Å². The van der Waals surface area contributed by atoms with E-state index in [0.29, 0.717) is 22.2 Å². The molecule has 18 heavy (non-hydrogen) atoms. The first kappa shape index (κ1) is 15.0. The molecule has 3 nitrogen and oxygen atoms in total. The minimum absolute atomic E-state index is 0.0390. The van der Waals surface area contributed by atoms with Crippen LogP contribution in [-0.2, 0) is 4.79 Å². The molecular weight excluding hydrogens is 273 g/mol. The van der Waals surface area contributed by atoms with Gasteiger partial charge in [-0.3, -0.25) is 4.79 Å². The first-order valence-electron chi connectivity index (χ1n) is 5.54. The van der Waals surface area contributed by atoms with E-state index >= 15 is 0 Å². The molecule has 0 aliphatic carbocycles. The van der Waals surface area contributed by atoms with Crippen molar-refractivity contribution in [2.45, 2.75) is 6.92 Å². The van der Waals surface area contributed by atoms with Crippen LogP contribution in [0.1, 0.15) is 12.5 Å². The Bertz CT molecular complexity index is 447. The Morgan fingerprint density at radius 3 is 2.89 bits per heavy atom. The van der Waals surface area contributed by atoms with Crippen LogP contribution in [0.2, 0.25) is 10.0 Å². The number of benzene rings is 1. The molecule has 1 unspecified atom stereocenters. The SMILES string of the molecule is CC(CO)CNC(=O)C=Cc1cc(Cl)ccc1Cl. The van der Waals surface area contributed by atoms with E-state index in [1.807, 2.05) is 6.92 Å². The molecule has 1 atom stereocenters. The number of carbonyl (C=O) groups is 1. The summed E-state index contributed by atoms with van der Waals surface area (Å²) in [6, 6.07) is 5.05. The molecule has 5 heteroatoms. The van der Waals surface area contributed by atoms with Gasteiger partial charge in [-0.1, -0.05) is 30.1 Å². The molecule has 0 bridgehead atoms. The lowest BCUT2D eigenvalue weighted by molar-refractivity contribution is -0.116. The average molecular weight is 288 g/mol. The van der Waals surface area contributed by atoms with Crippen LogP contribution in [0.15, 0.2) is 24.3 Å². The first-order valence-corrected chi connectivity index (χ1v) is 6.30. The maximum Gasteiger partial charge on any atom is 0.244 e. The van der Waals surface area contributed by atoms with Crippen LogP contribution in [0.25, 0.3) is 6.08 Å². The van der Waals surface area contributed by atoms with Crippen molar-refractivity contribution in [2.24, 2.45) is 5.92 Å². The molecule has 1 amide bonds. The summed E-state index contributed by atoms with van der Waals surface area (Å²) < 4.78 is 0. The highest BCUT2D eigenvalue weighted by Gasteiger charge is 2.02. The van der Waals surface area contributed by atoms with Crippen molar-refractivity contribution in [2.75, 3.05) is 13.2 Å². The van der Waals surface area contributed by atoms with E-state index in [1.54, 1.807) is 24.3 Å². The van der Waals surface area contributed by atoms with Crippen LogP contribution in [0.4, 0.5) is 0 Å². The third kappa shape index (κ3) is 5.08. The van der Waals surface area contributed by atoms with E-state index in [1.165, 1.54) is 6.08 Å². The van der Waals surface area contributed by atoms with E-state index in [2.05, 4.69) is 5.32 Å². The fraction of sp³-hybridized carbons (Fsp3) is 0.308. The minimum atomic E-state index is -0.230. The molecule has 98 valence electrons. The molecule has 1 aromatic rings. The summed E-state index contributed by atoms with van der Waals surface area (Å²) in [6.07, 6.45) is 2.99. The Labute approximate surface area is 116 Å². The van der Waals surface area contributed by atoms with E-state index < -0.39 is 0 Å². The Hall–Kier alpha value is -1.03. The summed E-state index contributed by atoms with van der Waals surface area (Å²) in [5.74, 6) is -0.191. The number of halogens is 2. The van der Waals surface area contributed by atoms with Crippen LogP contribution >= 0.6 is 23.2 Å². The number of aliphatic hydroxyl groups excluding tert-OH is 1. The van der Waals surface area contributed by atoms with Crippen LogP contribution in [0, 0.1) is 5.92 Å². The van der Waals surface area contributed by atoms with Gasteiger partial charge < -0.3 is 10.4 Å². The van der Waals surface area contributed by atoms with Gasteiger partial charge in [-0.05, 0) is 35.8 Å². The van der Waals surface area contributed by atoms with Gasteiger partial charge in [0.2, 0.25) is 5.91 Å². The zero-order valence-electron chi connectivity index (χ0n) is 9.99. The van der Waals surface area contributed by atoms with E-state index in [0.717, 1.165) is 0 Å². The maximum absolute atomic E-state index is 11.5. The van der Waals surface area contributed by atoms with Crippen molar-refractivity contribution in [1.29, 1.82) is 0 Å². The highest BCUT2D eigenvalue weighted by molar-refractivity contribution is 6.34. The van der Waals surface area contributed by atoms with Crippen LogP contribution < -0.4 is 5.32 Å². The van der Waals surface area contributed by atoms with Crippen molar-refractivity contribution in [3.8, 4) is 0 Å². The van der Waals surface area contributed by atoms with Gasteiger partial charge >= 0.3 is 0 Å². The highest BCUT2D eigenvalue weighted by atomic mass is 35.5. The molecular formula is C13H15Cl2NO2. The number of rotatable bonds is 5. The molecule has 0 radical (unpaired) electrons. The molecule has 0 fully saturated rings. The van der Waals surface area contributed by atoms with E-state index in [4.69, 9.17) is 28.3 Å². The van der Waals surface area contributed by atoms with Gasteiger partial charge in [-0.2, -0.15) is 0 Å². The topological polar surface area (TPSA) is 49.3 Å². The van der Waals surface area contributed by atoms with Crippen molar-refractivity contribution in [3.05, 3.63) is 39.9 Å². The predicted molar refractivity (Wildman–Crippen MR) is 74.8 cm³/mol. The number of aliphatic hydroxyl groups is 1. The van der Waals surface area contributed by atoms with Crippen LogP contribution in [0.5, 0.6) is 0 Å². The number of carbonyl (C=O) groups excluding carboxylic acids is 1. The number of nitrogens with one attached hydrogen (secondary N) is 1. The van der Waals surface area contributed by atoms with Crippen molar-refractivity contribution < 1.29 is 9.90 Å². The number of amides is 1. The summed E-state index contributed by atoms with van der Waals surface area (Å²) in [6.45, 7) is 2.32. The third-order valence-electron chi connectivity index (χ3n) is 2.31. The molecule has 2 N–H and O–H groups in total. The average Bonchev–Trinajstić information content (AvgIpc) is 2.36. The van der Waals surface area contributed by atoms with E-state index in [9.17, 15) is 4.79 Å². The Morgan fingerprint density at radius 2 is 2.22 bits per heavy atom. The van der Waals surface area contributed by atoms with Crippen molar-refractivity contribution in [3.63, 3.8) is 0 Å². The molecule has 0 spiro atoms. The fourth-order valence-electron chi connectivity index (χ4n) is 1.21. The predicted octanol–water partition coefficient (Wildman–Crippen LogP) is 2.75. The minimum Gasteiger partial charge on any atom is -0.396 e. The molecule has 1 aromatic carbocycles. The molecule has 0 aromatic heterocycles. The van der Waals surface area contributed by atoms with Crippen LogP contribution in [0.3, 0.4) is 0 Å². The quantitative estimate of drug-likeness (QED) is 0.818. The van der Waals surface area contributed by atoms with Gasteiger partial charge in [0.15, 0.2) is 0 Å². The molecule has 1 rings (SSSR count). The lowest BCUT2D eigenvalue weighted by Gasteiger charge is -2.07. The molecule has 0 saturated heterocycles. The Balaban J connectivity index is 2.58. The second-order valence-corrected chi connectivity index (χ2v) is 4.88. The number of hydrogen-bond donors (Lipinski definition) is 2. The molecule has 0 aliphatic rings. The fourth-order valence-corrected chi connectivity index (χ4v) is 1.57. The monoisotopic (exact) mass is 287 g/mol. The Kier molecular flexibility index (Phi) is 6.19. The second-order valence-electron chi connectivity index (χ2n) is 4.03. The van der Waals surface area contributed by atoms with Crippen molar-refractivity contribution in [1.82, 2.24) is 5.32 Å². The zero-order chi connectivity index (χ0) is 13.5. The summed E-state index contributed by atoms with van der Waals surface area (Å²) in [5.41, 5.74) is 0.689. The standard InChI is InChI=1S/C13H15Cl2NO2/c1-9(8-17)7-16-13(18)5-2-10-6-11(14)3-4-12(10)15/h2-6,9,17H,7-8H2,1H3,(H,16,18). The lowest BCUT2D eigenvalue weighted by atomic mass is 10.2. The van der Waals surface area contributed by atoms with Gasteiger partial charge in [0, 0.05) is 29.3 Å². The van der Waals surface area contributed by atoms with Crippen LogP contribution in [-0.4, -0.2) is 24.2 Å². The first-order chi connectivity index (χ1) is 8.52. The molecule has 0 saturated carbocycles. The summed E-state index contributed by atoms with van der Waals surface area (Å²) in [5, 5.41) is 12.6. The third-order valence-corrected chi connectivity index (χ3v) is 2.89. The van der Waals surface area contributed by atoms with E-state index in [-0.39, 0.29) is 18.4 Å². The van der Waals surface area contributed by atoms with Gasteiger partial charge in [0.1, 0.15) is 0 Å². The molecule has 0 aliphatic heterocycles.